The van der Waals surface area contributed by atoms with Gasteiger partial charge in [-0.25, -0.2) is 4.39 Å². The van der Waals surface area contributed by atoms with Gasteiger partial charge in [0.15, 0.2) is 0 Å². The van der Waals surface area contributed by atoms with Gasteiger partial charge in [0, 0.05) is 0 Å². The molecule has 3 unspecified atom stereocenters. The van der Waals surface area contributed by atoms with Gasteiger partial charge in [-0.05, 0) is 47.9 Å². The van der Waals surface area contributed by atoms with Gasteiger partial charge in [0.1, 0.15) is 5.82 Å². The Balaban J connectivity index is 1.76. The maximum absolute atomic E-state index is 13.3. The minimum Gasteiger partial charge on any atom is -0.207 e. The topological polar surface area (TPSA) is 0 Å². The molecule has 19 heavy (non-hydrogen) atoms. The fraction of sp³-hybridized carbons (Fsp3) is 0.294. The Morgan fingerprint density at radius 1 is 1.16 bits per heavy atom. The third kappa shape index (κ3) is 2.52. The normalized spacial score (nSPS) is 23.1. The zero-order valence-electron chi connectivity index (χ0n) is 10.8. The maximum atomic E-state index is 13.3. The van der Waals surface area contributed by atoms with Crippen LogP contribution in [0.3, 0.4) is 0 Å². The molecule has 2 heteroatoms. The minimum absolute atomic E-state index is 0.0236. The second-order valence-corrected chi connectivity index (χ2v) is 5.80. The Morgan fingerprint density at radius 3 is 2.58 bits per heavy atom. The van der Waals surface area contributed by atoms with Crippen molar-refractivity contribution in [3.63, 3.8) is 0 Å². The summed E-state index contributed by atoms with van der Waals surface area (Å²) in [4.78, 5) is 0. The van der Waals surface area contributed by atoms with E-state index < -0.39 is 0 Å². The van der Waals surface area contributed by atoms with E-state index in [4.69, 9.17) is 11.6 Å². The summed E-state index contributed by atoms with van der Waals surface area (Å²) in [6.45, 7) is 1.78. The Morgan fingerprint density at radius 2 is 1.89 bits per heavy atom. The molecule has 0 heterocycles. The lowest BCUT2D eigenvalue weighted by molar-refractivity contribution is 0.616. The number of halogens is 2. The molecule has 98 valence electrons. The van der Waals surface area contributed by atoms with Crippen molar-refractivity contribution in [2.45, 2.75) is 24.6 Å². The Labute approximate surface area is 118 Å². The van der Waals surface area contributed by atoms with Gasteiger partial charge < -0.3 is 0 Å². The SMILES string of the molecule is Cc1cc(C(Cl)C2CC2c2ccccc2)ccc1F. The largest absolute Gasteiger partial charge is 0.207 e. The molecule has 1 aliphatic carbocycles. The molecule has 0 bridgehead atoms. The number of benzene rings is 2. The van der Waals surface area contributed by atoms with Crippen LogP contribution in [0.2, 0.25) is 0 Å². The van der Waals surface area contributed by atoms with Crippen LogP contribution in [0.15, 0.2) is 48.5 Å². The van der Waals surface area contributed by atoms with Crippen LogP contribution < -0.4 is 0 Å². The summed E-state index contributed by atoms with van der Waals surface area (Å²) in [5.41, 5.74) is 3.06. The van der Waals surface area contributed by atoms with Crippen molar-refractivity contribution >= 4 is 11.6 Å². The Kier molecular flexibility index (Phi) is 3.32. The van der Waals surface area contributed by atoms with Crippen molar-refractivity contribution in [1.29, 1.82) is 0 Å². The molecular weight excluding hydrogens is 259 g/mol. The van der Waals surface area contributed by atoms with Gasteiger partial charge in [-0.3, -0.25) is 0 Å². The summed E-state index contributed by atoms with van der Waals surface area (Å²) < 4.78 is 13.3. The average molecular weight is 275 g/mol. The zero-order valence-corrected chi connectivity index (χ0v) is 11.6. The lowest BCUT2D eigenvalue weighted by Gasteiger charge is -2.11. The van der Waals surface area contributed by atoms with Gasteiger partial charge in [-0.2, -0.15) is 0 Å². The van der Waals surface area contributed by atoms with E-state index in [9.17, 15) is 4.39 Å². The second-order valence-electron chi connectivity index (χ2n) is 5.33. The lowest BCUT2D eigenvalue weighted by Crippen LogP contribution is -1.97. The molecular formula is C17H16ClF. The highest BCUT2D eigenvalue weighted by Crippen LogP contribution is 2.56. The number of aryl methyl sites for hydroxylation is 1. The number of rotatable bonds is 3. The molecule has 1 aliphatic rings. The first-order valence-corrected chi connectivity index (χ1v) is 7.05. The smallest absolute Gasteiger partial charge is 0.126 e. The van der Waals surface area contributed by atoms with Crippen molar-refractivity contribution in [3.05, 3.63) is 71.0 Å². The van der Waals surface area contributed by atoms with Crippen molar-refractivity contribution in [2.24, 2.45) is 5.92 Å². The first kappa shape index (κ1) is 12.7. The summed E-state index contributed by atoms with van der Waals surface area (Å²) in [7, 11) is 0. The second kappa shape index (κ2) is 4.97. The van der Waals surface area contributed by atoms with Crippen LogP contribution in [-0.2, 0) is 0 Å². The Hall–Kier alpha value is -1.34. The highest BCUT2D eigenvalue weighted by molar-refractivity contribution is 6.21. The third-order valence-corrected chi connectivity index (χ3v) is 4.52. The van der Waals surface area contributed by atoms with Crippen molar-refractivity contribution in [1.82, 2.24) is 0 Å². The summed E-state index contributed by atoms with van der Waals surface area (Å²) in [5.74, 6) is 0.853. The van der Waals surface area contributed by atoms with Crippen molar-refractivity contribution in [3.8, 4) is 0 Å². The summed E-state index contributed by atoms with van der Waals surface area (Å²) in [6, 6.07) is 15.7. The van der Waals surface area contributed by atoms with Crippen LogP contribution in [-0.4, -0.2) is 0 Å². The molecule has 0 amide bonds. The summed E-state index contributed by atoms with van der Waals surface area (Å²) in [5, 5.41) is -0.0236. The van der Waals surface area contributed by atoms with Crippen molar-refractivity contribution in [2.75, 3.05) is 0 Å². The van der Waals surface area contributed by atoms with Gasteiger partial charge >= 0.3 is 0 Å². The predicted octanol–water partition coefficient (Wildman–Crippen LogP) is 5.22. The Bertz CT molecular complexity index is 579. The quantitative estimate of drug-likeness (QED) is 0.673. The lowest BCUT2D eigenvalue weighted by atomic mass is 10.0. The molecule has 0 radical (unpaired) electrons. The molecule has 0 N–H and O–H groups in total. The molecule has 0 aromatic heterocycles. The fourth-order valence-corrected chi connectivity index (χ4v) is 3.12. The third-order valence-electron chi connectivity index (χ3n) is 3.94. The molecule has 0 saturated heterocycles. The minimum atomic E-state index is -0.164. The van der Waals surface area contributed by atoms with Crippen LogP contribution in [0.25, 0.3) is 0 Å². The number of hydrogen-bond donors (Lipinski definition) is 0. The van der Waals surface area contributed by atoms with Crippen LogP contribution in [0.1, 0.15) is 34.4 Å². The average Bonchev–Trinajstić information content (AvgIpc) is 3.22. The van der Waals surface area contributed by atoms with Gasteiger partial charge in [-0.15, -0.1) is 11.6 Å². The maximum Gasteiger partial charge on any atom is 0.126 e. The molecule has 0 spiro atoms. The van der Waals surface area contributed by atoms with Gasteiger partial charge in [0.2, 0.25) is 0 Å². The van der Waals surface area contributed by atoms with E-state index in [1.807, 2.05) is 12.1 Å². The van der Waals surface area contributed by atoms with E-state index in [2.05, 4.69) is 24.3 Å². The summed E-state index contributed by atoms with van der Waals surface area (Å²) in [6.07, 6.45) is 1.12. The molecule has 0 nitrogen and oxygen atoms in total. The van der Waals surface area contributed by atoms with E-state index >= 15 is 0 Å². The molecule has 1 saturated carbocycles. The van der Waals surface area contributed by atoms with Crippen LogP contribution in [0.4, 0.5) is 4.39 Å². The number of hydrogen-bond acceptors (Lipinski definition) is 0. The highest BCUT2D eigenvalue weighted by atomic mass is 35.5. The van der Waals surface area contributed by atoms with E-state index in [1.54, 1.807) is 13.0 Å². The predicted molar refractivity (Wildman–Crippen MR) is 77.0 cm³/mol. The van der Waals surface area contributed by atoms with Crippen molar-refractivity contribution < 1.29 is 4.39 Å². The van der Waals surface area contributed by atoms with Gasteiger partial charge in [0.05, 0.1) is 5.38 Å². The van der Waals surface area contributed by atoms with Gasteiger partial charge in [-0.1, -0.05) is 42.5 Å². The highest BCUT2D eigenvalue weighted by Gasteiger charge is 2.43. The molecule has 3 rings (SSSR count). The monoisotopic (exact) mass is 274 g/mol. The zero-order chi connectivity index (χ0) is 13.4. The number of alkyl halides is 1. The van der Waals surface area contributed by atoms with E-state index in [0.29, 0.717) is 17.4 Å². The standard InChI is InChI=1S/C17H16ClF/c1-11-9-13(7-8-16(11)19)17(18)15-10-14(15)12-5-3-2-4-6-12/h2-9,14-15,17H,10H2,1H3. The molecule has 3 atom stereocenters. The van der Waals surface area contributed by atoms with Crippen LogP contribution in [0.5, 0.6) is 0 Å². The molecule has 0 aliphatic heterocycles. The molecule has 2 aromatic rings. The molecule has 1 fully saturated rings. The van der Waals surface area contributed by atoms with Gasteiger partial charge in [0.25, 0.3) is 0 Å². The fourth-order valence-electron chi connectivity index (χ4n) is 2.71. The van der Waals surface area contributed by atoms with E-state index in [0.717, 1.165) is 12.0 Å². The van der Waals surface area contributed by atoms with Crippen LogP contribution >= 0.6 is 11.6 Å². The van der Waals surface area contributed by atoms with Crippen LogP contribution in [0, 0.1) is 18.7 Å². The molecule has 2 aromatic carbocycles. The first-order chi connectivity index (χ1) is 9.16. The summed E-state index contributed by atoms with van der Waals surface area (Å²) >= 11 is 6.55. The first-order valence-electron chi connectivity index (χ1n) is 6.62. The van der Waals surface area contributed by atoms with E-state index in [1.165, 1.54) is 11.6 Å². The van der Waals surface area contributed by atoms with E-state index in [-0.39, 0.29) is 11.2 Å².